The molecule has 1 unspecified atom stereocenters. The number of aromatic nitrogens is 1. The summed E-state index contributed by atoms with van der Waals surface area (Å²) in [6, 6.07) is 9.29. The maximum Gasteiger partial charge on any atom is 0.248 e. The second kappa shape index (κ2) is 10.9. The van der Waals surface area contributed by atoms with Gasteiger partial charge in [0.1, 0.15) is 6.04 Å². The predicted molar refractivity (Wildman–Crippen MR) is 123 cm³/mol. The minimum absolute atomic E-state index is 0.116. The normalized spacial score (nSPS) is 17.4. The number of nitrogens with two attached hydrogens (primary N) is 1. The minimum atomic E-state index is -0.272. The zero-order chi connectivity index (χ0) is 22.1. The molecule has 3 rings (SSSR count). The molecule has 1 aliphatic heterocycles. The Balaban J connectivity index is 1.59. The van der Waals surface area contributed by atoms with Crippen molar-refractivity contribution in [2.24, 2.45) is 10.9 Å². The summed E-state index contributed by atoms with van der Waals surface area (Å²) in [6.45, 7) is 2.42. The number of amides is 1. The zero-order valence-electron chi connectivity index (χ0n) is 17.2. The summed E-state index contributed by atoms with van der Waals surface area (Å²) >= 11 is 0. The van der Waals surface area contributed by atoms with Gasteiger partial charge < -0.3 is 16.5 Å². The number of anilines is 1. The van der Waals surface area contributed by atoms with E-state index in [4.69, 9.17) is 11.1 Å². The van der Waals surface area contributed by atoms with Crippen LogP contribution in [0.1, 0.15) is 29.5 Å². The quantitative estimate of drug-likeness (QED) is 0.344. The van der Waals surface area contributed by atoms with Crippen LogP contribution < -0.4 is 11.1 Å². The molecule has 1 amide bonds. The first kappa shape index (κ1) is 22.0. The van der Waals surface area contributed by atoms with Crippen molar-refractivity contribution in [2.75, 3.05) is 18.4 Å². The topological polar surface area (TPSA) is 125 Å². The van der Waals surface area contributed by atoms with E-state index < -0.39 is 0 Å². The van der Waals surface area contributed by atoms with Crippen molar-refractivity contribution in [3.8, 4) is 0 Å². The monoisotopic (exact) mass is 418 g/mol. The van der Waals surface area contributed by atoms with E-state index in [0.717, 1.165) is 43.3 Å². The summed E-state index contributed by atoms with van der Waals surface area (Å²) in [5, 5.41) is 13.5. The lowest BCUT2D eigenvalue weighted by Crippen LogP contribution is -2.36. The lowest BCUT2D eigenvalue weighted by atomic mass is 10.0. The predicted octanol–water partition coefficient (Wildman–Crippen LogP) is 3.41. The highest BCUT2D eigenvalue weighted by Gasteiger charge is 2.20. The number of likely N-dealkylation sites (tertiary alicyclic amines) is 1. The average Bonchev–Trinajstić information content (AvgIpc) is 2.80. The van der Waals surface area contributed by atoms with Crippen molar-refractivity contribution >= 4 is 29.5 Å². The average molecular weight is 419 g/mol. The smallest absolute Gasteiger partial charge is 0.248 e. The molecule has 1 aromatic carbocycles. The molecule has 0 saturated carbocycles. The molecule has 1 saturated heterocycles. The number of piperidine rings is 1. The molecule has 0 bridgehead atoms. The second-order valence-corrected chi connectivity index (χ2v) is 7.39. The number of rotatable bonds is 8. The van der Waals surface area contributed by atoms with Gasteiger partial charge in [-0.2, -0.15) is 4.91 Å². The van der Waals surface area contributed by atoms with Crippen LogP contribution in [0.5, 0.6) is 0 Å². The van der Waals surface area contributed by atoms with E-state index in [9.17, 15) is 9.70 Å². The fraction of sp³-hybridized carbons (Fsp3) is 0.261. The number of nitrogens with one attached hydrogen (secondary N) is 2. The van der Waals surface area contributed by atoms with Gasteiger partial charge in [-0.1, -0.05) is 17.3 Å². The van der Waals surface area contributed by atoms with Gasteiger partial charge in [-0.05, 0) is 54.8 Å². The molecule has 160 valence electrons. The van der Waals surface area contributed by atoms with Crippen LogP contribution in [0.2, 0.25) is 0 Å². The number of carbonyl (C=O) groups excluding carboxylic acids is 1. The van der Waals surface area contributed by atoms with Gasteiger partial charge in [0.2, 0.25) is 5.91 Å². The lowest BCUT2D eigenvalue weighted by Gasteiger charge is -2.29. The Morgan fingerprint density at radius 1 is 1.32 bits per heavy atom. The Morgan fingerprint density at radius 3 is 2.84 bits per heavy atom. The molecule has 1 aliphatic rings. The van der Waals surface area contributed by atoms with E-state index in [-0.39, 0.29) is 11.9 Å². The molecule has 0 spiro atoms. The van der Waals surface area contributed by atoms with Gasteiger partial charge in [0.05, 0.1) is 0 Å². The van der Waals surface area contributed by atoms with Crippen LogP contribution in [0, 0.1) is 10.3 Å². The van der Waals surface area contributed by atoms with Crippen LogP contribution in [0.3, 0.4) is 0 Å². The molecule has 2 heterocycles. The van der Waals surface area contributed by atoms with E-state index in [1.807, 2.05) is 24.3 Å². The fourth-order valence-corrected chi connectivity index (χ4v) is 3.58. The number of hydrogen-bond acceptors (Lipinski definition) is 7. The molecule has 31 heavy (non-hydrogen) atoms. The highest BCUT2D eigenvalue weighted by molar-refractivity contribution is 6.10. The number of allylic oxidation sites excluding steroid dienone is 1. The third kappa shape index (κ3) is 6.16. The summed E-state index contributed by atoms with van der Waals surface area (Å²) < 4.78 is 0. The Labute approximate surface area is 181 Å². The van der Waals surface area contributed by atoms with Gasteiger partial charge in [-0.15, -0.1) is 0 Å². The highest BCUT2D eigenvalue weighted by atomic mass is 16.3. The van der Waals surface area contributed by atoms with Crippen molar-refractivity contribution in [2.45, 2.75) is 25.4 Å². The van der Waals surface area contributed by atoms with E-state index in [2.05, 4.69) is 20.4 Å². The number of hydrogen-bond donors (Lipinski definition) is 3. The second-order valence-electron chi connectivity index (χ2n) is 7.39. The molecule has 1 aromatic heterocycles. The molecule has 0 radical (unpaired) electrons. The van der Waals surface area contributed by atoms with Gasteiger partial charge in [0.15, 0.2) is 0 Å². The zero-order valence-corrected chi connectivity index (χ0v) is 17.2. The van der Waals surface area contributed by atoms with E-state index in [1.165, 1.54) is 12.3 Å². The van der Waals surface area contributed by atoms with Crippen molar-refractivity contribution < 1.29 is 4.79 Å². The van der Waals surface area contributed by atoms with Crippen molar-refractivity contribution in [3.05, 3.63) is 76.6 Å². The maximum absolute atomic E-state index is 12.3. The maximum atomic E-state index is 12.3. The van der Waals surface area contributed by atoms with Gasteiger partial charge in [0, 0.05) is 60.8 Å². The molecule has 4 N–H and O–H groups in total. The number of benzene rings is 1. The largest absolute Gasteiger partial charge is 0.404 e. The lowest BCUT2D eigenvalue weighted by molar-refractivity contribution is -0.111. The Morgan fingerprint density at radius 2 is 2.13 bits per heavy atom. The number of nitrogens with zero attached hydrogens (tertiary/aromatic N) is 3. The Kier molecular flexibility index (Phi) is 7.78. The molecule has 1 atom stereocenters. The summed E-state index contributed by atoms with van der Waals surface area (Å²) in [7, 11) is 0. The molecule has 8 nitrogen and oxygen atoms in total. The van der Waals surface area contributed by atoms with Gasteiger partial charge >= 0.3 is 0 Å². The molecular weight excluding hydrogens is 392 g/mol. The fourth-order valence-electron chi connectivity index (χ4n) is 3.58. The van der Waals surface area contributed by atoms with Crippen LogP contribution in [0.15, 0.2) is 60.2 Å². The van der Waals surface area contributed by atoms with Crippen LogP contribution >= 0.6 is 0 Å². The molecule has 1 fully saturated rings. The standard InChI is InChI=1S/C23H26N6O2/c24-12-19(13-25)22-9-10-26-14-18(22)5-8-23(30)27-20-6-3-17(4-7-20)15-29-11-1-2-21(16-29)28-31/h3-10,12-14,21,24H,1-2,11,15-16,25H2,(H,27,30)/b8-5+,19-13+,24-12?. The van der Waals surface area contributed by atoms with Crippen molar-refractivity contribution in [1.29, 1.82) is 5.41 Å². The van der Waals surface area contributed by atoms with Crippen LogP contribution in [-0.2, 0) is 11.3 Å². The summed E-state index contributed by atoms with van der Waals surface area (Å²) in [6.07, 6.45) is 10.7. The Bertz CT molecular complexity index is 984. The van der Waals surface area contributed by atoms with E-state index in [1.54, 1.807) is 24.5 Å². The first-order chi connectivity index (χ1) is 15.1. The number of nitroso groups, excluding NO2 is 1. The molecular formula is C23H26N6O2. The van der Waals surface area contributed by atoms with Crippen molar-refractivity contribution in [3.63, 3.8) is 0 Å². The van der Waals surface area contributed by atoms with E-state index >= 15 is 0 Å². The van der Waals surface area contributed by atoms with E-state index in [0.29, 0.717) is 23.4 Å². The number of carbonyl (C=O) groups is 1. The van der Waals surface area contributed by atoms with Gasteiger partial charge in [-0.3, -0.25) is 14.7 Å². The SMILES string of the molecule is N=C/C(=C\N)c1ccncc1/C=C/C(=O)Nc1ccc(CN2CCCC(N=O)C2)cc1. The molecule has 8 heteroatoms. The summed E-state index contributed by atoms with van der Waals surface area (Å²) in [5.74, 6) is -0.272. The third-order valence-electron chi connectivity index (χ3n) is 5.17. The minimum Gasteiger partial charge on any atom is -0.404 e. The highest BCUT2D eigenvalue weighted by Crippen LogP contribution is 2.19. The van der Waals surface area contributed by atoms with Crippen molar-refractivity contribution in [1.82, 2.24) is 9.88 Å². The van der Waals surface area contributed by atoms with Crippen LogP contribution in [-0.4, -0.2) is 41.1 Å². The Hall–Kier alpha value is -3.65. The first-order valence-electron chi connectivity index (χ1n) is 10.1. The summed E-state index contributed by atoms with van der Waals surface area (Å²) in [4.78, 5) is 29.4. The molecule has 0 aliphatic carbocycles. The van der Waals surface area contributed by atoms with Gasteiger partial charge in [0.25, 0.3) is 0 Å². The van der Waals surface area contributed by atoms with Gasteiger partial charge in [-0.25, -0.2) is 0 Å². The van der Waals surface area contributed by atoms with Crippen LogP contribution in [0.25, 0.3) is 11.6 Å². The first-order valence-corrected chi connectivity index (χ1v) is 10.1. The third-order valence-corrected chi connectivity index (χ3v) is 5.17. The molecule has 2 aromatic rings. The number of pyridine rings is 1. The van der Waals surface area contributed by atoms with Crippen LogP contribution in [0.4, 0.5) is 5.69 Å². The summed E-state index contributed by atoms with van der Waals surface area (Å²) in [5.41, 5.74) is 9.34.